The Kier molecular flexibility index (Phi) is 4.37. The molecule has 0 aliphatic carbocycles. The van der Waals surface area contributed by atoms with Crippen LogP contribution >= 0.6 is 0 Å². The van der Waals surface area contributed by atoms with Gasteiger partial charge in [-0.2, -0.15) is 0 Å². The highest BCUT2D eigenvalue weighted by molar-refractivity contribution is 5.93. The lowest BCUT2D eigenvalue weighted by molar-refractivity contribution is 0.0941. The predicted octanol–water partition coefficient (Wildman–Crippen LogP) is 0.498. The number of aromatic nitrogens is 1. The average molecular weight is 225 g/mol. The first-order valence-corrected chi connectivity index (χ1v) is 5.39. The number of carbonyl (C=O) groups is 1. The van der Waals surface area contributed by atoms with Crippen molar-refractivity contribution in [1.29, 1.82) is 0 Å². The fourth-order valence-electron chi connectivity index (χ4n) is 1.51. The molecule has 0 bridgehead atoms. The lowest BCUT2D eigenvalue weighted by Gasteiger charge is -2.06. The third kappa shape index (κ3) is 3.58. The quantitative estimate of drug-likeness (QED) is 0.638. The lowest BCUT2D eigenvalue weighted by atomic mass is 10.2. The van der Waals surface area contributed by atoms with E-state index < -0.39 is 0 Å². The molecule has 5 nitrogen and oxygen atoms in total. The van der Waals surface area contributed by atoms with E-state index in [0.29, 0.717) is 24.3 Å². The number of rotatable bonds is 5. The Morgan fingerprint density at radius 3 is 2.88 bits per heavy atom. The van der Waals surface area contributed by atoms with Crippen LogP contribution in [0.2, 0.25) is 0 Å². The van der Waals surface area contributed by atoms with Crippen molar-refractivity contribution in [3.05, 3.63) is 18.0 Å². The second-order valence-corrected chi connectivity index (χ2v) is 4.02. The third-order valence-corrected chi connectivity index (χ3v) is 2.34. The van der Waals surface area contributed by atoms with E-state index in [9.17, 15) is 4.79 Å². The molecule has 4 N–H and O–H groups in total. The number of aliphatic hydroxyl groups excluding tert-OH is 1. The van der Waals surface area contributed by atoms with E-state index in [1.807, 2.05) is 0 Å². The van der Waals surface area contributed by atoms with Crippen LogP contribution in [0.5, 0.6) is 0 Å². The topological polar surface area (TPSA) is 80.3 Å². The largest absolute Gasteiger partial charge is 0.397 e. The number of aryl methyl sites for hydroxylation is 1. The van der Waals surface area contributed by atoms with Crippen LogP contribution in [0.4, 0.5) is 5.69 Å². The summed E-state index contributed by atoms with van der Waals surface area (Å²) in [6.07, 6.45) is 2.84. The number of hydrogen-bond donors (Lipinski definition) is 3. The first-order valence-electron chi connectivity index (χ1n) is 5.39. The molecular formula is C11H19N3O2. The normalized spacial score (nSPS) is 12.4. The molecule has 0 radical (unpaired) electrons. The molecule has 16 heavy (non-hydrogen) atoms. The van der Waals surface area contributed by atoms with Crippen molar-refractivity contribution in [1.82, 2.24) is 9.88 Å². The fraction of sp³-hybridized carbons (Fsp3) is 0.545. The molecular weight excluding hydrogens is 206 g/mol. The Hall–Kier alpha value is -1.49. The maximum atomic E-state index is 11.7. The third-order valence-electron chi connectivity index (χ3n) is 2.34. The van der Waals surface area contributed by atoms with Crippen molar-refractivity contribution < 1.29 is 9.90 Å². The molecule has 1 rings (SSSR count). The number of nitrogens with two attached hydrogens (primary N) is 1. The van der Waals surface area contributed by atoms with E-state index in [4.69, 9.17) is 10.8 Å². The van der Waals surface area contributed by atoms with E-state index in [1.165, 1.54) is 0 Å². The van der Waals surface area contributed by atoms with Gasteiger partial charge in [0.25, 0.3) is 5.91 Å². The summed E-state index contributed by atoms with van der Waals surface area (Å²) < 4.78 is 1.69. The van der Waals surface area contributed by atoms with Crippen molar-refractivity contribution in [2.45, 2.75) is 25.9 Å². The van der Waals surface area contributed by atoms with Gasteiger partial charge >= 0.3 is 0 Å². The fourth-order valence-corrected chi connectivity index (χ4v) is 1.51. The highest BCUT2D eigenvalue weighted by Gasteiger charge is 2.09. The summed E-state index contributed by atoms with van der Waals surface area (Å²) >= 11 is 0. The zero-order valence-electron chi connectivity index (χ0n) is 9.73. The minimum atomic E-state index is -0.317. The smallest absolute Gasteiger partial charge is 0.267 e. The molecule has 0 saturated heterocycles. The Labute approximate surface area is 95.3 Å². The number of nitrogens with one attached hydrogen (secondary N) is 1. The molecule has 0 spiro atoms. The number of carbonyl (C=O) groups excluding carboxylic acids is 1. The maximum absolute atomic E-state index is 11.7. The molecule has 1 amide bonds. The Morgan fingerprint density at radius 1 is 1.69 bits per heavy atom. The van der Waals surface area contributed by atoms with Crippen molar-refractivity contribution in [2.75, 3.05) is 12.3 Å². The molecule has 0 aromatic carbocycles. The second-order valence-electron chi connectivity index (χ2n) is 4.02. The van der Waals surface area contributed by atoms with Gasteiger partial charge in [-0.1, -0.05) is 0 Å². The second kappa shape index (κ2) is 5.55. The van der Waals surface area contributed by atoms with Crippen molar-refractivity contribution in [3.8, 4) is 0 Å². The Morgan fingerprint density at radius 2 is 2.38 bits per heavy atom. The predicted molar refractivity (Wildman–Crippen MR) is 63.1 cm³/mol. The van der Waals surface area contributed by atoms with Gasteiger partial charge in [-0.25, -0.2) is 0 Å². The van der Waals surface area contributed by atoms with Gasteiger partial charge in [0.15, 0.2) is 0 Å². The minimum Gasteiger partial charge on any atom is -0.397 e. The highest BCUT2D eigenvalue weighted by atomic mass is 16.3. The van der Waals surface area contributed by atoms with Crippen LogP contribution in [0.25, 0.3) is 0 Å². The zero-order chi connectivity index (χ0) is 12.1. The summed E-state index contributed by atoms with van der Waals surface area (Å²) in [5.74, 6) is -0.134. The number of anilines is 1. The van der Waals surface area contributed by atoms with Crippen LogP contribution in [0.15, 0.2) is 12.3 Å². The Balaban J connectivity index is 2.38. The van der Waals surface area contributed by atoms with E-state index in [-0.39, 0.29) is 12.0 Å². The maximum Gasteiger partial charge on any atom is 0.267 e. The van der Waals surface area contributed by atoms with Crippen LogP contribution in [0, 0.1) is 0 Å². The molecule has 1 aromatic heterocycles. The summed E-state index contributed by atoms with van der Waals surface area (Å²) in [6.45, 7) is 2.30. The van der Waals surface area contributed by atoms with E-state index in [1.54, 1.807) is 30.8 Å². The van der Waals surface area contributed by atoms with Crippen LogP contribution in [-0.4, -0.2) is 28.2 Å². The summed E-state index contributed by atoms with van der Waals surface area (Å²) in [7, 11) is 1.78. The van der Waals surface area contributed by atoms with Gasteiger partial charge in [-0.15, -0.1) is 0 Å². The summed E-state index contributed by atoms with van der Waals surface area (Å²) in [5.41, 5.74) is 6.71. The van der Waals surface area contributed by atoms with Gasteiger partial charge in [0.1, 0.15) is 5.69 Å². The van der Waals surface area contributed by atoms with Gasteiger partial charge in [0, 0.05) is 19.8 Å². The van der Waals surface area contributed by atoms with Crippen LogP contribution in [-0.2, 0) is 7.05 Å². The Bertz CT molecular complexity index is 358. The molecule has 1 unspecified atom stereocenters. The number of nitrogen functional groups attached to an aromatic ring is 1. The molecule has 0 aliphatic rings. The number of hydrogen-bond acceptors (Lipinski definition) is 3. The van der Waals surface area contributed by atoms with E-state index in [0.717, 1.165) is 6.42 Å². The van der Waals surface area contributed by atoms with Gasteiger partial charge < -0.3 is 20.7 Å². The molecule has 0 fully saturated rings. The van der Waals surface area contributed by atoms with E-state index >= 15 is 0 Å². The van der Waals surface area contributed by atoms with Crippen molar-refractivity contribution >= 4 is 11.6 Å². The van der Waals surface area contributed by atoms with Gasteiger partial charge in [0.2, 0.25) is 0 Å². The zero-order valence-corrected chi connectivity index (χ0v) is 9.73. The molecule has 1 heterocycles. The van der Waals surface area contributed by atoms with E-state index in [2.05, 4.69) is 5.32 Å². The average Bonchev–Trinajstić information content (AvgIpc) is 2.52. The number of nitrogens with zero attached hydrogens (tertiary/aromatic N) is 1. The first-order chi connectivity index (χ1) is 7.50. The summed E-state index contributed by atoms with van der Waals surface area (Å²) in [4.78, 5) is 11.7. The van der Waals surface area contributed by atoms with Crippen molar-refractivity contribution in [3.63, 3.8) is 0 Å². The minimum absolute atomic E-state index is 0.134. The summed E-state index contributed by atoms with van der Waals surface area (Å²) in [5, 5.41) is 11.8. The monoisotopic (exact) mass is 225 g/mol. The molecule has 5 heteroatoms. The van der Waals surface area contributed by atoms with Crippen LogP contribution in [0.1, 0.15) is 30.3 Å². The van der Waals surface area contributed by atoms with Crippen molar-refractivity contribution in [2.24, 2.45) is 7.05 Å². The lowest BCUT2D eigenvalue weighted by Crippen LogP contribution is -2.26. The molecule has 1 aromatic rings. The number of amides is 1. The van der Waals surface area contributed by atoms with Gasteiger partial charge in [-0.3, -0.25) is 4.79 Å². The standard InChI is InChI=1S/C11H19N3O2/c1-8(15)4-3-5-13-11(16)10-6-9(12)7-14(10)2/h6-8,15H,3-5,12H2,1-2H3,(H,13,16). The van der Waals surface area contributed by atoms with Gasteiger partial charge in [0.05, 0.1) is 11.8 Å². The molecule has 1 atom stereocenters. The molecule has 90 valence electrons. The highest BCUT2D eigenvalue weighted by Crippen LogP contribution is 2.08. The molecule has 0 aliphatic heterocycles. The summed E-state index contributed by atoms with van der Waals surface area (Å²) in [6, 6.07) is 1.64. The molecule has 0 saturated carbocycles. The van der Waals surface area contributed by atoms with Crippen LogP contribution < -0.4 is 11.1 Å². The number of aliphatic hydroxyl groups is 1. The first kappa shape index (κ1) is 12.6. The van der Waals surface area contributed by atoms with Crippen LogP contribution in [0.3, 0.4) is 0 Å². The van der Waals surface area contributed by atoms with Gasteiger partial charge in [-0.05, 0) is 25.8 Å². The SMILES string of the molecule is CC(O)CCCNC(=O)c1cc(N)cn1C.